The zero-order valence-electron chi connectivity index (χ0n) is 7.13. The van der Waals surface area contributed by atoms with Crippen LogP contribution in [0.25, 0.3) is 6.08 Å². The number of aliphatic hydroxyl groups excluding tert-OH is 1. The smallest absolute Gasteiger partial charge is 0.0478 e. The van der Waals surface area contributed by atoms with E-state index >= 15 is 0 Å². The van der Waals surface area contributed by atoms with Crippen LogP contribution in [0.5, 0.6) is 0 Å². The van der Waals surface area contributed by atoms with E-state index in [4.69, 9.17) is 16.7 Å². The molecule has 12 heavy (non-hydrogen) atoms. The van der Waals surface area contributed by atoms with Crippen LogP contribution in [-0.4, -0.2) is 11.7 Å². The van der Waals surface area contributed by atoms with Gasteiger partial charge < -0.3 is 5.11 Å². The summed E-state index contributed by atoms with van der Waals surface area (Å²) in [6.45, 7) is 5.54. The number of benzene rings is 1. The van der Waals surface area contributed by atoms with Gasteiger partial charge in [-0.25, -0.2) is 0 Å². The van der Waals surface area contributed by atoms with Crippen LogP contribution in [0.1, 0.15) is 12.5 Å². The number of aliphatic hydroxyl groups is 1. The van der Waals surface area contributed by atoms with Crippen molar-refractivity contribution in [3.63, 3.8) is 0 Å². The van der Waals surface area contributed by atoms with Gasteiger partial charge >= 0.3 is 0 Å². The Morgan fingerprint density at radius 2 is 2.00 bits per heavy atom. The van der Waals surface area contributed by atoms with Crippen molar-refractivity contribution in [2.45, 2.75) is 6.92 Å². The van der Waals surface area contributed by atoms with Gasteiger partial charge in [0.25, 0.3) is 0 Å². The Hall–Kier alpha value is -0.790. The molecule has 0 bridgehead atoms. The van der Waals surface area contributed by atoms with Crippen molar-refractivity contribution in [2.75, 3.05) is 6.61 Å². The van der Waals surface area contributed by atoms with E-state index in [-0.39, 0.29) is 6.61 Å². The molecule has 0 aliphatic rings. The molecule has 0 aliphatic heterocycles. The third-order valence-corrected chi connectivity index (χ3v) is 1.47. The average Bonchev–Trinajstić information content (AvgIpc) is 2.07. The Balaban J connectivity index is 0.000000354. The van der Waals surface area contributed by atoms with Gasteiger partial charge in [0.1, 0.15) is 0 Å². The number of hydrogen-bond acceptors (Lipinski definition) is 1. The van der Waals surface area contributed by atoms with Gasteiger partial charge in [0.15, 0.2) is 0 Å². The van der Waals surface area contributed by atoms with E-state index in [1.165, 1.54) is 0 Å². The Bertz CT molecular complexity index is 233. The molecule has 1 rings (SSSR count). The van der Waals surface area contributed by atoms with Crippen LogP contribution in [0, 0.1) is 0 Å². The first-order valence-corrected chi connectivity index (χ1v) is 4.11. The van der Waals surface area contributed by atoms with Gasteiger partial charge in [-0.3, -0.25) is 0 Å². The molecule has 0 radical (unpaired) electrons. The number of rotatable bonds is 1. The van der Waals surface area contributed by atoms with Crippen LogP contribution < -0.4 is 0 Å². The van der Waals surface area contributed by atoms with E-state index in [1.54, 1.807) is 13.0 Å². The molecule has 1 N–H and O–H groups in total. The predicted molar refractivity (Wildman–Crippen MR) is 54.3 cm³/mol. The third-order valence-electron chi connectivity index (χ3n) is 1.13. The first-order valence-electron chi connectivity index (χ1n) is 3.74. The highest BCUT2D eigenvalue weighted by Gasteiger charge is 1.89. The zero-order chi connectivity index (χ0) is 9.40. The van der Waals surface area contributed by atoms with Crippen molar-refractivity contribution in [1.82, 2.24) is 0 Å². The first-order chi connectivity index (χ1) is 5.76. The van der Waals surface area contributed by atoms with Gasteiger partial charge in [0, 0.05) is 11.6 Å². The summed E-state index contributed by atoms with van der Waals surface area (Å²) in [5, 5.41) is 8.33. The lowest BCUT2D eigenvalue weighted by Crippen LogP contribution is -1.69. The molecule has 1 aromatic rings. The van der Waals surface area contributed by atoms with E-state index in [2.05, 4.69) is 6.58 Å². The minimum atomic E-state index is 0.250. The summed E-state index contributed by atoms with van der Waals surface area (Å²) in [7, 11) is 0. The summed E-state index contributed by atoms with van der Waals surface area (Å²) >= 11 is 5.75. The summed E-state index contributed by atoms with van der Waals surface area (Å²) in [4.78, 5) is 0. The molecule has 0 saturated heterocycles. The molecule has 0 unspecified atom stereocenters. The minimum absolute atomic E-state index is 0.250. The van der Waals surface area contributed by atoms with Crippen molar-refractivity contribution in [1.29, 1.82) is 0 Å². The Morgan fingerprint density at radius 1 is 1.50 bits per heavy atom. The van der Waals surface area contributed by atoms with Gasteiger partial charge in [-0.2, -0.15) is 0 Å². The van der Waals surface area contributed by atoms with Crippen molar-refractivity contribution >= 4 is 17.7 Å². The second-order valence-electron chi connectivity index (χ2n) is 2.04. The summed E-state index contributed by atoms with van der Waals surface area (Å²) in [5.41, 5.74) is 0.985. The predicted octanol–water partition coefficient (Wildman–Crippen LogP) is 2.98. The maximum absolute atomic E-state index is 7.57. The quantitative estimate of drug-likeness (QED) is 0.712. The molecule has 0 aromatic heterocycles. The van der Waals surface area contributed by atoms with Crippen molar-refractivity contribution < 1.29 is 5.11 Å². The molecule has 0 saturated carbocycles. The number of halogens is 1. The standard InChI is InChI=1S/C8H7Cl.C2H6O/c1-2-7-5-3-4-6-8(7)9;1-2-3/h2-6H,1H2;3H,2H2,1H3. The molecule has 0 amide bonds. The second kappa shape index (κ2) is 6.89. The molecule has 0 fully saturated rings. The van der Waals surface area contributed by atoms with Gasteiger partial charge in [0.05, 0.1) is 0 Å². The van der Waals surface area contributed by atoms with E-state index in [0.717, 1.165) is 10.6 Å². The van der Waals surface area contributed by atoms with Gasteiger partial charge in [-0.15, -0.1) is 0 Å². The summed E-state index contributed by atoms with van der Waals surface area (Å²) in [5.74, 6) is 0. The lowest BCUT2D eigenvalue weighted by molar-refractivity contribution is 0.318. The zero-order valence-corrected chi connectivity index (χ0v) is 7.88. The molecule has 66 valence electrons. The summed E-state index contributed by atoms with van der Waals surface area (Å²) in [6, 6.07) is 7.60. The molecular weight excluding hydrogens is 172 g/mol. The monoisotopic (exact) mass is 184 g/mol. The summed E-state index contributed by atoms with van der Waals surface area (Å²) < 4.78 is 0. The van der Waals surface area contributed by atoms with Crippen LogP contribution in [0.2, 0.25) is 5.02 Å². The molecule has 0 atom stereocenters. The molecular formula is C10H13ClO. The largest absolute Gasteiger partial charge is 0.397 e. The topological polar surface area (TPSA) is 20.2 Å². The SMILES string of the molecule is C=Cc1ccccc1Cl.CCO. The average molecular weight is 185 g/mol. The summed E-state index contributed by atoms with van der Waals surface area (Å²) in [6.07, 6.45) is 1.74. The minimum Gasteiger partial charge on any atom is -0.397 e. The molecule has 0 aliphatic carbocycles. The van der Waals surface area contributed by atoms with E-state index in [0.29, 0.717) is 0 Å². The maximum atomic E-state index is 7.57. The van der Waals surface area contributed by atoms with Crippen LogP contribution in [0.4, 0.5) is 0 Å². The normalized spacial score (nSPS) is 8.25. The van der Waals surface area contributed by atoms with Crippen molar-refractivity contribution in [3.05, 3.63) is 41.4 Å². The lowest BCUT2D eigenvalue weighted by Gasteiger charge is -1.92. The van der Waals surface area contributed by atoms with Gasteiger partial charge in [-0.05, 0) is 18.6 Å². The van der Waals surface area contributed by atoms with Crippen LogP contribution in [0.3, 0.4) is 0 Å². The van der Waals surface area contributed by atoms with Crippen LogP contribution in [-0.2, 0) is 0 Å². The highest BCUT2D eigenvalue weighted by Crippen LogP contribution is 2.14. The Kier molecular flexibility index (Phi) is 6.44. The molecule has 2 heteroatoms. The fourth-order valence-electron chi connectivity index (χ4n) is 0.641. The highest BCUT2D eigenvalue weighted by atomic mass is 35.5. The second-order valence-corrected chi connectivity index (χ2v) is 2.45. The van der Waals surface area contributed by atoms with Crippen molar-refractivity contribution in [3.8, 4) is 0 Å². The molecule has 0 heterocycles. The molecule has 0 spiro atoms. The Labute approximate surface area is 78.3 Å². The van der Waals surface area contributed by atoms with Crippen LogP contribution >= 0.6 is 11.6 Å². The fraction of sp³-hybridized carbons (Fsp3) is 0.200. The lowest BCUT2D eigenvalue weighted by atomic mass is 10.2. The van der Waals surface area contributed by atoms with E-state index < -0.39 is 0 Å². The molecule has 1 aromatic carbocycles. The fourth-order valence-corrected chi connectivity index (χ4v) is 0.854. The Morgan fingerprint density at radius 3 is 2.33 bits per heavy atom. The van der Waals surface area contributed by atoms with Crippen LogP contribution in [0.15, 0.2) is 30.8 Å². The third kappa shape index (κ3) is 4.16. The van der Waals surface area contributed by atoms with Crippen molar-refractivity contribution in [2.24, 2.45) is 0 Å². The van der Waals surface area contributed by atoms with Gasteiger partial charge in [-0.1, -0.05) is 42.5 Å². The van der Waals surface area contributed by atoms with E-state index in [9.17, 15) is 0 Å². The van der Waals surface area contributed by atoms with E-state index in [1.807, 2.05) is 24.3 Å². The highest BCUT2D eigenvalue weighted by molar-refractivity contribution is 6.32. The van der Waals surface area contributed by atoms with Gasteiger partial charge in [0.2, 0.25) is 0 Å². The first kappa shape index (κ1) is 11.2. The molecule has 1 nitrogen and oxygen atoms in total. The maximum Gasteiger partial charge on any atom is 0.0478 e. The number of hydrogen-bond donors (Lipinski definition) is 1.